The van der Waals surface area contributed by atoms with Gasteiger partial charge >= 0.3 is 0 Å². The van der Waals surface area contributed by atoms with E-state index in [4.69, 9.17) is 4.74 Å². The number of rotatable bonds is 4. The lowest BCUT2D eigenvalue weighted by Gasteiger charge is -2.06. The monoisotopic (exact) mass is 195 g/mol. The van der Waals surface area contributed by atoms with Gasteiger partial charge in [-0.15, -0.1) is 0 Å². The lowest BCUT2D eigenvalue weighted by Crippen LogP contribution is -1.94. The number of non-ortho nitro benzene ring substituents is 1. The van der Waals surface area contributed by atoms with Crippen molar-refractivity contribution in [3.8, 4) is 5.75 Å². The van der Waals surface area contributed by atoms with E-state index in [0.717, 1.165) is 24.2 Å². The third-order valence-corrected chi connectivity index (χ3v) is 1.99. The maximum atomic E-state index is 10.5. The van der Waals surface area contributed by atoms with Crippen LogP contribution in [0, 0.1) is 10.1 Å². The van der Waals surface area contributed by atoms with E-state index in [2.05, 4.69) is 0 Å². The van der Waals surface area contributed by atoms with Crippen LogP contribution in [-0.4, -0.2) is 12.0 Å². The van der Waals surface area contributed by atoms with Crippen LogP contribution in [-0.2, 0) is 6.42 Å². The van der Waals surface area contributed by atoms with Gasteiger partial charge in [0.1, 0.15) is 5.75 Å². The summed E-state index contributed by atoms with van der Waals surface area (Å²) in [6, 6.07) is 4.67. The molecule has 0 atom stereocenters. The smallest absolute Gasteiger partial charge is 0.269 e. The van der Waals surface area contributed by atoms with E-state index < -0.39 is 4.92 Å². The van der Waals surface area contributed by atoms with Crippen LogP contribution in [0.4, 0.5) is 5.69 Å². The van der Waals surface area contributed by atoms with Crippen molar-refractivity contribution in [2.24, 2.45) is 0 Å². The molecule has 0 bridgehead atoms. The Hall–Kier alpha value is -1.58. The van der Waals surface area contributed by atoms with Crippen LogP contribution in [0.25, 0.3) is 0 Å². The summed E-state index contributed by atoms with van der Waals surface area (Å²) in [5, 5.41) is 10.5. The fourth-order valence-electron chi connectivity index (χ4n) is 1.34. The van der Waals surface area contributed by atoms with Gasteiger partial charge in [-0.05, 0) is 12.5 Å². The number of hydrogen-bond donors (Lipinski definition) is 0. The third kappa shape index (κ3) is 2.22. The lowest BCUT2D eigenvalue weighted by atomic mass is 10.1. The van der Waals surface area contributed by atoms with Crippen molar-refractivity contribution in [2.45, 2.75) is 19.8 Å². The number of hydrogen-bond acceptors (Lipinski definition) is 3. The molecule has 0 aromatic heterocycles. The number of ether oxygens (including phenoxy) is 1. The minimum Gasteiger partial charge on any atom is -0.496 e. The van der Waals surface area contributed by atoms with Gasteiger partial charge in [0.25, 0.3) is 5.69 Å². The number of nitro benzene ring substituents is 1. The molecule has 0 aliphatic rings. The summed E-state index contributed by atoms with van der Waals surface area (Å²) < 4.78 is 5.11. The first-order valence-electron chi connectivity index (χ1n) is 4.50. The number of nitro groups is 1. The number of benzene rings is 1. The predicted molar refractivity (Wildman–Crippen MR) is 53.6 cm³/mol. The molecule has 4 nitrogen and oxygen atoms in total. The molecule has 14 heavy (non-hydrogen) atoms. The molecule has 0 unspecified atom stereocenters. The molecule has 0 fully saturated rings. The maximum absolute atomic E-state index is 10.5. The summed E-state index contributed by atoms with van der Waals surface area (Å²) in [6.07, 6.45) is 1.74. The number of nitrogens with zero attached hydrogens (tertiary/aromatic N) is 1. The molecule has 1 aromatic rings. The highest BCUT2D eigenvalue weighted by atomic mass is 16.6. The molecule has 0 saturated carbocycles. The second kappa shape index (κ2) is 4.60. The first-order valence-corrected chi connectivity index (χ1v) is 4.50. The van der Waals surface area contributed by atoms with Crippen LogP contribution in [0.3, 0.4) is 0 Å². The van der Waals surface area contributed by atoms with E-state index in [1.54, 1.807) is 19.2 Å². The van der Waals surface area contributed by atoms with Crippen LogP contribution in [0.1, 0.15) is 18.9 Å². The molecule has 0 N–H and O–H groups in total. The Labute approximate surface area is 82.7 Å². The zero-order valence-corrected chi connectivity index (χ0v) is 8.32. The standard InChI is InChI=1S/C10H13NO3/c1-3-4-8-7-9(11(12)13)5-6-10(8)14-2/h5-7H,3-4H2,1-2H3. The Kier molecular flexibility index (Phi) is 3.45. The predicted octanol–water partition coefficient (Wildman–Crippen LogP) is 2.56. The van der Waals surface area contributed by atoms with Crippen molar-refractivity contribution in [1.29, 1.82) is 0 Å². The van der Waals surface area contributed by atoms with Crippen molar-refractivity contribution < 1.29 is 9.66 Å². The maximum Gasteiger partial charge on any atom is 0.269 e. The van der Waals surface area contributed by atoms with Crippen LogP contribution < -0.4 is 4.74 Å². The Morgan fingerprint density at radius 2 is 2.21 bits per heavy atom. The highest BCUT2D eigenvalue weighted by Crippen LogP contribution is 2.24. The molecule has 1 rings (SSSR count). The lowest BCUT2D eigenvalue weighted by molar-refractivity contribution is -0.384. The Morgan fingerprint density at radius 1 is 1.50 bits per heavy atom. The van der Waals surface area contributed by atoms with E-state index in [-0.39, 0.29) is 5.69 Å². The minimum atomic E-state index is -0.390. The van der Waals surface area contributed by atoms with E-state index in [1.165, 1.54) is 6.07 Å². The Bertz CT molecular complexity index is 336. The minimum absolute atomic E-state index is 0.120. The van der Waals surface area contributed by atoms with Crippen molar-refractivity contribution in [2.75, 3.05) is 7.11 Å². The zero-order valence-electron chi connectivity index (χ0n) is 8.32. The van der Waals surface area contributed by atoms with Gasteiger partial charge in [-0.25, -0.2) is 0 Å². The molecule has 0 heterocycles. The molecule has 0 aliphatic carbocycles. The molecular formula is C10H13NO3. The summed E-state index contributed by atoms with van der Waals surface area (Å²) >= 11 is 0. The van der Waals surface area contributed by atoms with Crippen molar-refractivity contribution in [3.63, 3.8) is 0 Å². The van der Waals surface area contributed by atoms with Gasteiger partial charge in [0.15, 0.2) is 0 Å². The zero-order chi connectivity index (χ0) is 10.6. The summed E-state index contributed by atoms with van der Waals surface area (Å²) in [7, 11) is 1.57. The van der Waals surface area contributed by atoms with Crippen molar-refractivity contribution in [3.05, 3.63) is 33.9 Å². The first-order chi connectivity index (χ1) is 6.69. The van der Waals surface area contributed by atoms with Gasteiger partial charge in [0, 0.05) is 17.7 Å². The number of aryl methyl sites for hydroxylation is 1. The van der Waals surface area contributed by atoms with Crippen LogP contribution in [0.15, 0.2) is 18.2 Å². The fourth-order valence-corrected chi connectivity index (χ4v) is 1.34. The summed E-state index contributed by atoms with van der Waals surface area (Å²) in [5.41, 5.74) is 1.01. The highest BCUT2D eigenvalue weighted by Gasteiger charge is 2.09. The van der Waals surface area contributed by atoms with E-state index in [1.807, 2.05) is 6.92 Å². The second-order valence-corrected chi connectivity index (χ2v) is 3.00. The van der Waals surface area contributed by atoms with Gasteiger partial charge in [-0.3, -0.25) is 10.1 Å². The molecule has 0 spiro atoms. The molecule has 0 aliphatic heterocycles. The van der Waals surface area contributed by atoms with Crippen LogP contribution >= 0.6 is 0 Å². The average Bonchev–Trinajstić information content (AvgIpc) is 2.18. The van der Waals surface area contributed by atoms with Crippen molar-refractivity contribution in [1.82, 2.24) is 0 Å². The molecule has 4 heteroatoms. The third-order valence-electron chi connectivity index (χ3n) is 1.99. The largest absolute Gasteiger partial charge is 0.496 e. The van der Waals surface area contributed by atoms with Crippen LogP contribution in [0.2, 0.25) is 0 Å². The molecule has 1 aromatic carbocycles. The van der Waals surface area contributed by atoms with Gasteiger partial charge in [0.2, 0.25) is 0 Å². The molecule has 0 amide bonds. The summed E-state index contributed by atoms with van der Waals surface area (Å²) in [6.45, 7) is 2.03. The quantitative estimate of drug-likeness (QED) is 0.548. The Balaban J connectivity index is 3.07. The molecular weight excluding hydrogens is 182 g/mol. The normalized spacial score (nSPS) is 9.86. The fraction of sp³-hybridized carbons (Fsp3) is 0.400. The van der Waals surface area contributed by atoms with E-state index in [0.29, 0.717) is 0 Å². The Morgan fingerprint density at radius 3 is 2.71 bits per heavy atom. The average molecular weight is 195 g/mol. The van der Waals surface area contributed by atoms with Gasteiger partial charge < -0.3 is 4.74 Å². The SMILES string of the molecule is CCCc1cc([N+](=O)[O-])ccc1OC. The van der Waals surface area contributed by atoms with Crippen molar-refractivity contribution >= 4 is 5.69 Å². The second-order valence-electron chi connectivity index (χ2n) is 3.00. The molecule has 0 saturated heterocycles. The molecule has 76 valence electrons. The summed E-state index contributed by atoms with van der Waals surface area (Å²) in [5.74, 6) is 0.720. The van der Waals surface area contributed by atoms with E-state index >= 15 is 0 Å². The summed E-state index contributed by atoms with van der Waals surface area (Å²) in [4.78, 5) is 10.1. The van der Waals surface area contributed by atoms with Crippen LogP contribution in [0.5, 0.6) is 5.75 Å². The van der Waals surface area contributed by atoms with E-state index in [9.17, 15) is 10.1 Å². The topological polar surface area (TPSA) is 52.4 Å². The van der Waals surface area contributed by atoms with Gasteiger partial charge in [0.05, 0.1) is 12.0 Å². The van der Waals surface area contributed by atoms with Gasteiger partial charge in [-0.1, -0.05) is 13.3 Å². The molecule has 0 radical (unpaired) electrons. The number of methoxy groups -OCH3 is 1. The highest BCUT2D eigenvalue weighted by molar-refractivity contribution is 5.43. The van der Waals surface area contributed by atoms with Gasteiger partial charge in [-0.2, -0.15) is 0 Å². The first kappa shape index (κ1) is 10.5.